The summed E-state index contributed by atoms with van der Waals surface area (Å²) < 4.78 is 0. The first-order valence-electron chi connectivity index (χ1n) is 8.18. The molecule has 0 bridgehead atoms. The van der Waals surface area contributed by atoms with Gasteiger partial charge in [0.2, 0.25) is 0 Å². The maximum atomic E-state index is 6.16. The minimum absolute atomic E-state index is 0.754. The summed E-state index contributed by atoms with van der Waals surface area (Å²) in [6, 6.07) is 18.2. The number of amidine groups is 1. The summed E-state index contributed by atoms with van der Waals surface area (Å²) in [5.41, 5.74) is 4.07. The molecule has 1 fully saturated rings. The molecule has 1 aromatic heterocycles. The molecular weight excluding hydrogens is 318 g/mol. The van der Waals surface area contributed by atoms with E-state index in [9.17, 15) is 0 Å². The number of halogens is 1. The lowest BCUT2D eigenvalue weighted by Crippen LogP contribution is -2.23. The molecule has 4 heteroatoms. The van der Waals surface area contributed by atoms with Gasteiger partial charge in [0.25, 0.3) is 0 Å². The smallest absolute Gasteiger partial charge is 0.109 e. The van der Waals surface area contributed by atoms with Crippen LogP contribution in [0, 0.1) is 6.92 Å². The molecule has 0 atom stereocenters. The van der Waals surface area contributed by atoms with Crippen LogP contribution in [0.2, 0.25) is 5.02 Å². The molecule has 3 aromatic rings. The van der Waals surface area contributed by atoms with Gasteiger partial charge >= 0.3 is 0 Å². The number of rotatable bonds is 2. The van der Waals surface area contributed by atoms with Gasteiger partial charge < -0.3 is 4.90 Å². The van der Waals surface area contributed by atoms with Crippen molar-refractivity contribution >= 4 is 39.7 Å². The van der Waals surface area contributed by atoms with E-state index >= 15 is 0 Å². The van der Waals surface area contributed by atoms with Crippen LogP contribution in [0.3, 0.4) is 0 Å². The summed E-state index contributed by atoms with van der Waals surface area (Å²) in [5.74, 6) is 1.09. The second-order valence-corrected chi connectivity index (χ2v) is 6.50. The number of hydrogen-bond donors (Lipinski definition) is 0. The monoisotopic (exact) mass is 335 g/mol. The number of pyridine rings is 1. The molecule has 4 rings (SSSR count). The molecule has 24 heavy (non-hydrogen) atoms. The Balaban J connectivity index is 1.80. The van der Waals surface area contributed by atoms with Crippen molar-refractivity contribution in [2.45, 2.75) is 19.8 Å². The van der Waals surface area contributed by atoms with Gasteiger partial charge in [-0.25, -0.2) is 4.99 Å². The third-order valence-corrected chi connectivity index (χ3v) is 4.52. The van der Waals surface area contributed by atoms with E-state index in [1.165, 1.54) is 0 Å². The zero-order valence-electron chi connectivity index (χ0n) is 13.5. The van der Waals surface area contributed by atoms with Gasteiger partial charge in [-0.05, 0) is 43.7 Å². The van der Waals surface area contributed by atoms with Crippen LogP contribution in [0.15, 0.2) is 59.6 Å². The average Bonchev–Trinajstić information content (AvgIpc) is 3.03. The van der Waals surface area contributed by atoms with Crippen molar-refractivity contribution < 1.29 is 0 Å². The van der Waals surface area contributed by atoms with Crippen molar-refractivity contribution in [3.05, 3.63) is 65.3 Å². The molecule has 0 saturated carbocycles. The summed E-state index contributed by atoms with van der Waals surface area (Å²) in [6.07, 6.45) is 2.08. The first-order chi connectivity index (χ1) is 11.7. The van der Waals surface area contributed by atoms with E-state index in [1.54, 1.807) is 0 Å². The van der Waals surface area contributed by atoms with Crippen molar-refractivity contribution in [2.24, 2.45) is 4.99 Å². The number of fused-ring (bicyclic) bond motifs is 1. The Hall–Kier alpha value is -2.39. The lowest BCUT2D eigenvalue weighted by atomic mass is 10.1. The Bertz CT molecular complexity index is 933. The molecule has 2 aromatic carbocycles. The molecular formula is C20H18ClN3. The fourth-order valence-electron chi connectivity index (χ4n) is 3.21. The molecule has 0 amide bonds. The number of aromatic nitrogens is 1. The molecule has 0 aliphatic carbocycles. The van der Waals surface area contributed by atoms with Crippen LogP contribution in [0.1, 0.15) is 18.5 Å². The second-order valence-electron chi connectivity index (χ2n) is 6.06. The first kappa shape index (κ1) is 15.2. The SMILES string of the molecule is Cc1cc(N=C2CCCN2c2cccc(Cl)c2)c2ccccc2n1. The lowest BCUT2D eigenvalue weighted by Gasteiger charge is -2.19. The maximum absolute atomic E-state index is 6.16. The molecule has 2 heterocycles. The van der Waals surface area contributed by atoms with Crippen LogP contribution in [0.25, 0.3) is 10.9 Å². The van der Waals surface area contributed by atoms with Gasteiger partial charge in [-0.15, -0.1) is 0 Å². The Morgan fingerprint density at radius 2 is 1.96 bits per heavy atom. The lowest BCUT2D eigenvalue weighted by molar-refractivity contribution is 0.956. The highest BCUT2D eigenvalue weighted by atomic mass is 35.5. The van der Waals surface area contributed by atoms with Gasteiger partial charge in [-0.1, -0.05) is 35.9 Å². The largest absolute Gasteiger partial charge is 0.330 e. The Labute approximate surface area is 146 Å². The van der Waals surface area contributed by atoms with E-state index < -0.39 is 0 Å². The summed E-state index contributed by atoms with van der Waals surface area (Å²) in [7, 11) is 0. The topological polar surface area (TPSA) is 28.5 Å². The molecule has 0 spiro atoms. The van der Waals surface area contributed by atoms with Crippen molar-refractivity contribution in [3.63, 3.8) is 0 Å². The molecule has 3 nitrogen and oxygen atoms in total. The van der Waals surface area contributed by atoms with Gasteiger partial charge in [-0.3, -0.25) is 4.98 Å². The fraction of sp³-hybridized carbons (Fsp3) is 0.200. The van der Waals surface area contributed by atoms with E-state index in [-0.39, 0.29) is 0 Å². The van der Waals surface area contributed by atoms with E-state index in [2.05, 4.69) is 28.1 Å². The molecule has 0 radical (unpaired) electrons. The van der Waals surface area contributed by atoms with E-state index in [0.29, 0.717) is 0 Å². The van der Waals surface area contributed by atoms with Gasteiger partial charge in [0.1, 0.15) is 5.84 Å². The quantitative estimate of drug-likeness (QED) is 0.616. The summed E-state index contributed by atoms with van der Waals surface area (Å²) >= 11 is 6.16. The van der Waals surface area contributed by atoms with Crippen molar-refractivity contribution in [2.75, 3.05) is 11.4 Å². The molecule has 1 aliphatic rings. The third kappa shape index (κ3) is 2.87. The fourth-order valence-corrected chi connectivity index (χ4v) is 3.40. The minimum atomic E-state index is 0.754. The number of hydrogen-bond acceptors (Lipinski definition) is 2. The van der Waals surface area contributed by atoms with E-state index in [1.807, 2.05) is 43.3 Å². The van der Waals surface area contributed by atoms with Gasteiger partial charge in [0.05, 0.1) is 11.2 Å². The van der Waals surface area contributed by atoms with Crippen molar-refractivity contribution in [1.82, 2.24) is 4.98 Å². The van der Waals surface area contributed by atoms with Crippen LogP contribution in [0.4, 0.5) is 11.4 Å². The predicted octanol–water partition coefficient (Wildman–Crippen LogP) is 5.53. The maximum Gasteiger partial charge on any atom is 0.109 e. The zero-order chi connectivity index (χ0) is 16.5. The summed E-state index contributed by atoms with van der Waals surface area (Å²) in [6.45, 7) is 2.99. The second kappa shape index (κ2) is 6.25. The van der Waals surface area contributed by atoms with Crippen LogP contribution < -0.4 is 4.90 Å². The Morgan fingerprint density at radius 3 is 2.83 bits per heavy atom. The first-order valence-corrected chi connectivity index (χ1v) is 8.55. The molecule has 0 N–H and O–H groups in total. The standard InChI is InChI=1S/C20H18ClN3/c1-14-12-19(17-8-2-3-9-18(17)22-14)23-20-10-5-11-24(20)16-7-4-6-15(21)13-16/h2-4,6-9,12-13H,5,10-11H2,1H3. The number of nitrogens with zero attached hydrogens (tertiary/aromatic N) is 3. The summed E-state index contributed by atoms with van der Waals surface area (Å²) in [5, 5.41) is 1.84. The number of aliphatic imine (C=N–C) groups is 1. The third-order valence-electron chi connectivity index (χ3n) is 4.29. The van der Waals surface area contributed by atoms with Crippen LogP contribution in [0.5, 0.6) is 0 Å². The molecule has 1 aliphatic heterocycles. The van der Waals surface area contributed by atoms with Crippen LogP contribution in [-0.2, 0) is 0 Å². The molecule has 120 valence electrons. The highest BCUT2D eigenvalue weighted by Gasteiger charge is 2.20. The Kier molecular flexibility index (Phi) is 3.95. The number of para-hydroxylation sites is 1. The van der Waals surface area contributed by atoms with E-state index in [4.69, 9.17) is 16.6 Å². The van der Waals surface area contributed by atoms with Crippen molar-refractivity contribution in [3.8, 4) is 0 Å². The van der Waals surface area contributed by atoms with Gasteiger partial charge in [0.15, 0.2) is 0 Å². The predicted molar refractivity (Wildman–Crippen MR) is 102 cm³/mol. The van der Waals surface area contributed by atoms with Gasteiger partial charge in [0, 0.05) is 34.8 Å². The highest BCUT2D eigenvalue weighted by Crippen LogP contribution is 2.30. The number of benzene rings is 2. The highest BCUT2D eigenvalue weighted by molar-refractivity contribution is 6.31. The normalized spacial score (nSPS) is 16.2. The van der Waals surface area contributed by atoms with E-state index in [0.717, 1.165) is 58.2 Å². The number of anilines is 1. The average molecular weight is 336 g/mol. The zero-order valence-corrected chi connectivity index (χ0v) is 14.3. The van der Waals surface area contributed by atoms with Gasteiger partial charge in [-0.2, -0.15) is 0 Å². The Morgan fingerprint density at radius 1 is 1.08 bits per heavy atom. The molecule has 0 unspecified atom stereocenters. The molecule has 1 saturated heterocycles. The summed E-state index contributed by atoms with van der Waals surface area (Å²) in [4.78, 5) is 11.9. The van der Waals surface area contributed by atoms with Crippen LogP contribution in [-0.4, -0.2) is 17.4 Å². The van der Waals surface area contributed by atoms with Crippen molar-refractivity contribution in [1.29, 1.82) is 0 Å². The van der Waals surface area contributed by atoms with Crippen LogP contribution >= 0.6 is 11.6 Å². The number of aryl methyl sites for hydroxylation is 1. The minimum Gasteiger partial charge on any atom is -0.330 e.